The average molecular weight is 535 g/mol. The van der Waals surface area contributed by atoms with Crippen molar-refractivity contribution in [3.05, 3.63) is 47.8 Å². The zero-order valence-corrected chi connectivity index (χ0v) is 21.1. The van der Waals surface area contributed by atoms with Crippen molar-refractivity contribution in [3.8, 4) is 10.6 Å². The number of hydrogen-bond donors (Lipinski definition) is 3. The molecule has 13 heteroatoms. The second-order valence-electron chi connectivity index (χ2n) is 9.40. The monoisotopic (exact) mass is 534 g/mol. The number of halogens is 3. The predicted octanol–water partition coefficient (Wildman–Crippen LogP) is 5.75. The molecule has 3 aromatic rings. The number of hydrogen-bond acceptors (Lipinski definition) is 8. The number of alkyl halides is 3. The standard InChI is InChI=1S/C24H25F3N6O3S/c1-23(2,3)36-22(35)29-12-13-4-8-15(9-5-13)30-20-28-11-10-16(31-20)18-17(14-6-7-14)32-21(37-18)33-19(34)24(25,26)27/h4-5,8-11,14H,6-7,12H2,1-3H3,(H,29,35)(H,28,30,31)(H,32,33,34). The van der Waals surface area contributed by atoms with Gasteiger partial charge in [-0.2, -0.15) is 13.2 Å². The Morgan fingerprint density at radius 2 is 1.78 bits per heavy atom. The molecular formula is C24H25F3N6O3S. The molecule has 9 nitrogen and oxygen atoms in total. The van der Waals surface area contributed by atoms with Gasteiger partial charge < -0.3 is 15.4 Å². The second-order valence-corrected chi connectivity index (χ2v) is 10.4. The zero-order chi connectivity index (χ0) is 26.8. The summed E-state index contributed by atoms with van der Waals surface area (Å²) >= 11 is 0.947. The predicted molar refractivity (Wildman–Crippen MR) is 133 cm³/mol. The van der Waals surface area contributed by atoms with Gasteiger partial charge in [0.15, 0.2) is 5.13 Å². The Hall–Kier alpha value is -3.74. The number of benzene rings is 1. The van der Waals surface area contributed by atoms with E-state index in [0.717, 1.165) is 29.7 Å². The topological polar surface area (TPSA) is 118 Å². The van der Waals surface area contributed by atoms with Crippen molar-refractivity contribution in [2.75, 3.05) is 10.6 Å². The van der Waals surface area contributed by atoms with Crippen LogP contribution in [0.1, 0.15) is 50.8 Å². The fourth-order valence-corrected chi connectivity index (χ4v) is 4.26. The number of ether oxygens (including phenoxy) is 1. The molecule has 0 spiro atoms. The molecule has 1 aliphatic rings. The van der Waals surface area contributed by atoms with Crippen molar-refractivity contribution in [2.45, 2.75) is 57.9 Å². The zero-order valence-electron chi connectivity index (χ0n) is 20.3. The van der Waals surface area contributed by atoms with Gasteiger partial charge in [0, 0.05) is 24.3 Å². The lowest BCUT2D eigenvalue weighted by atomic mass is 10.2. The fourth-order valence-electron chi connectivity index (χ4n) is 3.24. The second kappa shape index (κ2) is 10.3. The van der Waals surface area contributed by atoms with E-state index in [4.69, 9.17) is 4.74 Å². The molecule has 4 rings (SSSR count). The summed E-state index contributed by atoms with van der Waals surface area (Å²) in [6.45, 7) is 5.66. The number of nitrogens with one attached hydrogen (secondary N) is 3. The summed E-state index contributed by atoms with van der Waals surface area (Å²) in [5.41, 5.74) is 2.08. The van der Waals surface area contributed by atoms with Gasteiger partial charge in [-0.25, -0.2) is 19.7 Å². The van der Waals surface area contributed by atoms with Gasteiger partial charge in [-0.3, -0.25) is 10.1 Å². The van der Waals surface area contributed by atoms with Crippen LogP contribution >= 0.6 is 11.3 Å². The molecular weight excluding hydrogens is 509 g/mol. The number of nitrogens with zero attached hydrogens (tertiary/aromatic N) is 3. The van der Waals surface area contributed by atoms with E-state index in [1.54, 1.807) is 39.0 Å². The van der Waals surface area contributed by atoms with E-state index in [0.29, 0.717) is 28.5 Å². The van der Waals surface area contributed by atoms with Crippen molar-refractivity contribution < 1.29 is 27.5 Å². The average Bonchev–Trinajstić information content (AvgIpc) is 3.57. The molecule has 196 valence electrons. The molecule has 1 aromatic carbocycles. The minimum Gasteiger partial charge on any atom is -0.444 e. The van der Waals surface area contributed by atoms with Crippen LogP contribution in [0, 0.1) is 0 Å². The Balaban J connectivity index is 1.44. The summed E-state index contributed by atoms with van der Waals surface area (Å²) in [6.07, 6.45) is -2.23. The van der Waals surface area contributed by atoms with Crippen LogP contribution in [0.25, 0.3) is 10.6 Å². The maximum Gasteiger partial charge on any atom is 0.471 e. The van der Waals surface area contributed by atoms with Crippen LogP contribution in [-0.4, -0.2) is 38.7 Å². The molecule has 1 saturated carbocycles. The van der Waals surface area contributed by atoms with Gasteiger partial charge in [0.1, 0.15) is 5.60 Å². The number of amides is 2. The fraction of sp³-hybridized carbons (Fsp3) is 0.375. The number of carbonyl (C=O) groups excluding carboxylic acids is 2. The lowest BCUT2D eigenvalue weighted by Crippen LogP contribution is -2.32. The molecule has 0 aliphatic heterocycles. The van der Waals surface area contributed by atoms with E-state index < -0.39 is 23.8 Å². The number of anilines is 3. The molecule has 0 atom stereocenters. The summed E-state index contributed by atoms with van der Waals surface area (Å²) in [4.78, 5) is 36.7. The van der Waals surface area contributed by atoms with E-state index in [2.05, 4.69) is 25.6 Å². The smallest absolute Gasteiger partial charge is 0.444 e. The lowest BCUT2D eigenvalue weighted by molar-refractivity contribution is -0.167. The van der Waals surface area contributed by atoms with Crippen molar-refractivity contribution in [3.63, 3.8) is 0 Å². The summed E-state index contributed by atoms with van der Waals surface area (Å²) in [6, 6.07) is 8.90. The summed E-state index contributed by atoms with van der Waals surface area (Å²) in [5, 5.41) is 7.50. The Kier molecular flexibility index (Phi) is 7.35. The van der Waals surface area contributed by atoms with Crippen LogP contribution in [0.3, 0.4) is 0 Å². The minimum atomic E-state index is -5.00. The maximum atomic E-state index is 12.7. The van der Waals surface area contributed by atoms with E-state index in [-0.39, 0.29) is 17.0 Å². The Bertz CT molecular complexity index is 1280. The molecule has 2 aromatic heterocycles. The first-order chi connectivity index (χ1) is 17.4. The highest BCUT2D eigenvalue weighted by molar-refractivity contribution is 7.19. The molecule has 2 amide bonds. The van der Waals surface area contributed by atoms with Crippen LogP contribution in [-0.2, 0) is 16.1 Å². The van der Waals surface area contributed by atoms with Gasteiger partial charge in [-0.1, -0.05) is 23.5 Å². The molecule has 1 fully saturated rings. The lowest BCUT2D eigenvalue weighted by Gasteiger charge is -2.19. The maximum absolute atomic E-state index is 12.7. The van der Waals surface area contributed by atoms with Gasteiger partial charge >= 0.3 is 18.2 Å². The Morgan fingerprint density at radius 1 is 1.08 bits per heavy atom. The van der Waals surface area contributed by atoms with Crippen LogP contribution in [0.2, 0.25) is 0 Å². The van der Waals surface area contributed by atoms with Crippen molar-refractivity contribution in [1.82, 2.24) is 20.3 Å². The third-order valence-corrected chi connectivity index (χ3v) is 6.04. The van der Waals surface area contributed by atoms with Crippen molar-refractivity contribution >= 4 is 40.1 Å². The summed E-state index contributed by atoms with van der Waals surface area (Å²) in [5.74, 6) is -1.66. The molecule has 0 unspecified atom stereocenters. The van der Waals surface area contributed by atoms with Gasteiger partial charge in [-0.15, -0.1) is 0 Å². The minimum absolute atomic E-state index is 0.121. The van der Waals surface area contributed by atoms with Gasteiger partial charge in [0.25, 0.3) is 0 Å². The van der Waals surface area contributed by atoms with E-state index in [9.17, 15) is 22.8 Å². The van der Waals surface area contributed by atoms with Crippen LogP contribution < -0.4 is 16.0 Å². The van der Waals surface area contributed by atoms with E-state index in [1.165, 1.54) is 6.20 Å². The summed E-state index contributed by atoms with van der Waals surface area (Å²) in [7, 11) is 0. The molecule has 0 bridgehead atoms. The number of thiazole rings is 1. The van der Waals surface area contributed by atoms with Gasteiger partial charge in [0.2, 0.25) is 5.95 Å². The quantitative estimate of drug-likeness (QED) is 0.353. The molecule has 0 saturated heterocycles. The van der Waals surface area contributed by atoms with E-state index >= 15 is 0 Å². The highest BCUT2D eigenvalue weighted by Gasteiger charge is 2.40. The highest BCUT2D eigenvalue weighted by Crippen LogP contribution is 2.47. The first kappa shape index (κ1) is 26.3. The number of carbonyl (C=O) groups is 2. The van der Waals surface area contributed by atoms with E-state index in [1.807, 2.05) is 17.4 Å². The molecule has 2 heterocycles. The third-order valence-electron chi connectivity index (χ3n) is 5.03. The van der Waals surface area contributed by atoms with Gasteiger partial charge in [0.05, 0.1) is 16.3 Å². The highest BCUT2D eigenvalue weighted by atomic mass is 32.1. The number of alkyl carbamates (subject to hydrolysis) is 1. The number of aromatic nitrogens is 3. The largest absolute Gasteiger partial charge is 0.471 e. The normalized spacial score (nSPS) is 13.7. The van der Waals surface area contributed by atoms with Gasteiger partial charge in [-0.05, 0) is 57.4 Å². The van der Waals surface area contributed by atoms with Crippen molar-refractivity contribution in [1.29, 1.82) is 0 Å². The number of rotatable bonds is 7. The summed E-state index contributed by atoms with van der Waals surface area (Å²) < 4.78 is 43.2. The van der Waals surface area contributed by atoms with Crippen LogP contribution in [0.4, 0.5) is 34.7 Å². The van der Waals surface area contributed by atoms with Crippen LogP contribution in [0.5, 0.6) is 0 Å². The Labute approximate surface area is 214 Å². The third kappa shape index (κ3) is 7.38. The molecule has 0 radical (unpaired) electrons. The van der Waals surface area contributed by atoms with Crippen LogP contribution in [0.15, 0.2) is 36.5 Å². The first-order valence-electron chi connectivity index (χ1n) is 11.4. The SMILES string of the molecule is CC(C)(C)OC(=O)NCc1ccc(Nc2nccc(-c3sc(NC(=O)C(F)(F)F)nc3C3CC3)n2)cc1. The Morgan fingerprint density at radius 3 is 2.41 bits per heavy atom. The first-order valence-corrected chi connectivity index (χ1v) is 12.2. The molecule has 37 heavy (non-hydrogen) atoms. The molecule has 1 aliphatic carbocycles. The van der Waals surface area contributed by atoms with Crippen molar-refractivity contribution in [2.24, 2.45) is 0 Å². The molecule has 3 N–H and O–H groups in total.